The average molecular weight is 427 g/mol. The molecule has 0 heterocycles. The van der Waals surface area contributed by atoms with Crippen LogP contribution in [0.15, 0.2) is 48.5 Å². The second kappa shape index (κ2) is 12.0. The van der Waals surface area contributed by atoms with Gasteiger partial charge in [-0.15, -0.1) is 0 Å². The van der Waals surface area contributed by atoms with Gasteiger partial charge in [-0.1, -0.05) is 51.1 Å². The molecule has 0 aliphatic rings. The summed E-state index contributed by atoms with van der Waals surface area (Å²) in [4.78, 5) is 27.7. The Labute approximate surface area is 185 Å². The maximum Gasteiger partial charge on any atom is 0.261 e. The summed E-state index contributed by atoms with van der Waals surface area (Å²) in [5.41, 5.74) is 1.87. The first kappa shape index (κ1) is 24.3. The molecule has 2 rings (SSSR count). The monoisotopic (exact) mass is 426 g/mol. The van der Waals surface area contributed by atoms with E-state index in [0.717, 1.165) is 16.9 Å². The van der Waals surface area contributed by atoms with Crippen molar-refractivity contribution in [2.24, 2.45) is 5.92 Å². The fraction of sp³-hybridized carbons (Fsp3) is 0.440. The minimum Gasteiger partial charge on any atom is -0.497 e. The number of para-hydroxylation sites is 1. The third-order valence-electron chi connectivity index (χ3n) is 5.03. The minimum atomic E-state index is -0.575. The van der Waals surface area contributed by atoms with E-state index in [2.05, 4.69) is 5.32 Å². The van der Waals surface area contributed by atoms with Gasteiger partial charge in [-0.3, -0.25) is 9.59 Å². The van der Waals surface area contributed by atoms with Crippen molar-refractivity contribution in [2.75, 3.05) is 20.3 Å². The predicted molar refractivity (Wildman–Crippen MR) is 122 cm³/mol. The number of nitrogens with one attached hydrogen (secondary N) is 1. The van der Waals surface area contributed by atoms with Crippen LogP contribution in [0.4, 0.5) is 0 Å². The number of amides is 2. The Morgan fingerprint density at radius 3 is 2.32 bits per heavy atom. The second-order valence-corrected chi connectivity index (χ2v) is 7.99. The van der Waals surface area contributed by atoms with Gasteiger partial charge in [-0.2, -0.15) is 0 Å². The van der Waals surface area contributed by atoms with Crippen molar-refractivity contribution >= 4 is 11.8 Å². The van der Waals surface area contributed by atoms with E-state index in [-0.39, 0.29) is 18.4 Å². The van der Waals surface area contributed by atoms with E-state index in [1.807, 2.05) is 76.2 Å². The van der Waals surface area contributed by atoms with E-state index in [1.165, 1.54) is 0 Å². The van der Waals surface area contributed by atoms with Gasteiger partial charge in [0.05, 0.1) is 7.11 Å². The number of benzene rings is 2. The molecule has 0 saturated carbocycles. The third-order valence-corrected chi connectivity index (χ3v) is 5.03. The van der Waals surface area contributed by atoms with Crippen LogP contribution in [-0.4, -0.2) is 43.0 Å². The average Bonchev–Trinajstić information content (AvgIpc) is 2.77. The van der Waals surface area contributed by atoms with Crippen molar-refractivity contribution in [1.82, 2.24) is 10.2 Å². The lowest BCUT2D eigenvalue weighted by Crippen LogP contribution is -2.50. The molecule has 6 heteroatoms. The number of hydrogen-bond donors (Lipinski definition) is 1. The molecule has 0 spiro atoms. The SMILES string of the molecule is CCC(C(=O)NCC(C)C)N(Cc1ccc(OC)cc1)C(=O)COc1ccccc1C. The molecule has 0 saturated heterocycles. The first-order chi connectivity index (χ1) is 14.8. The maximum absolute atomic E-state index is 13.2. The first-order valence-electron chi connectivity index (χ1n) is 10.7. The zero-order chi connectivity index (χ0) is 22.8. The number of nitrogens with zero attached hydrogens (tertiary/aromatic N) is 1. The molecule has 1 unspecified atom stereocenters. The molecule has 168 valence electrons. The molecule has 2 aromatic carbocycles. The molecule has 2 aromatic rings. The van der Waals surface area contributed by atoms with Gasteiger partial charge in [-0.25, -0.2) is 0 Å². The molecular weight excluding hydrogens is 392 g/mol. The lowest BCUT2D eigenvalue weighted by atomic mass is 10.1. The van der Waals surface area contributed by atoms with Crippen molar-refractivity contribution in [3.63, 3.8) is 0 Å². The first-order valence-corrected chi connectivity index (χ1v) is 10.7. The molecule has 1 N–H and O–H groups in total. The van der Waals surface area contributed by atoms with E-state index in [0.29, 0.717) is 31.2 Å². The van der Waals surface area contributed by atoms with Crippen molar-refractivity contribution in [2.45, 2.75) is 46.7 Å². The smallest absolute Gasteiger partial charge is 0.261 e. The fourth-order valence-electron chi connectivity index (χ4n) is 3.21. The lowest BCUT2D eigenvalue weighted by molar-refractivity contribution is -0.143. The lowest BCUT2D eigenvalue weighted by Gasteiger charge is -2.31. The van der Waals surface area contributed by atoms with Gasteiger partial charge in [0.1, 0.15) is 17.5 Å². The van der Waals surface area contributed by atoms with Crippen molar-refractivity contribution < 1.29 is 19.1 Å². The second-order valence-electron chi connectivity index (χ2n) is 7.99. The van der Waals surface area contributed by atoms with E-state index in [9.17, 15) is 9.59 Å². The summed E-state index contributed by atoms with van der Waals surface area (Å²) in [5, 5.41) is 2.96. The van der Waals surface area contributed by atoms with Gasteiger partial charge in [0.25, 0.3) is 5.91 Å². The Balaban J connectivity index is 2.20. The van der Waals surface area contributed by atoms with E-state index < -0.39 is 6.04 Å². The highest BCUT2D eigenvalue weighted by molar-refractivity contribution is 5.88. The number of hydrogen-bond acceptors (Lipinski definition) is 4. The molecular formula is C25H34N2O4. The van der Waals surface area contributed by atoms with E-state index in [1.54, 1.807) is 12.0 Å². The summed E-state index contributed by atoms with van der Waals surface area (Å²) >= 11 is 0. The summed E-state index contributed by atoms with van der Waals surface area (Å²) in [7, 11) is 1.61. The highest BCUT2D eigenvalue weighted by Gasteiger charge is 2.29. The van der Waals surface area contributed by atoms with Gasteiger partial charge >= 0.3 is 0 Å². The standard InChI is InChI=1S/C25H34N2O4/c1-6-22(25(29)26-15-18(2)3)27(16-20-11-13-21(30-5)14-12-20)24(28)17-31-23-10-8-7-9-19(23)4/h7-14,18,22H,6,15-17H2,1-5H3,(H,26,29). The maximum atomic E-state index is 13.2. The summed E-state index contributed by atoms with van der Waals surface area (Å²) < 4.78 is 11.0. The van der Waals surface area contributed by atoms with Crippen LogP contribution in [-0.2, 0) is 16.1 Å². The Morgan fingerprint density at radius 2 is 1.74 bits per heavy atom. The Kier molecular flexibility index (Phi) is 9.38. The molecule has 0 aromatic heterocycles. The number of ether oxygens (including phenoxy) is 2. The van der Waals surface area contributed by atoms with Crippen LogP contribution in [0, 0.1) is 12.8 Å². The summed E-state index contributed by atoms with van der Waals surface area (Å²) in [6.07, 6.45) is 0.510. The van der Waals surface area contributed by atoms with Gasteiger partial charge in [0.2, 0.25) is 5.91 Å². The van der Waals surface area contributed by atoms with Crippen molar-refractivity contribution in [3.05, 3.63) is 59.7 Å². The molecule has 6 nitrogen and oxygen atoms in total. The zero-order valence-electron chi connectivity index (χ0n) is 19.2. The highest BCUT2D eigenvalue weighted by atomic mass is 16.5. The van der Waals surface area contributed by atoms with Crippen LogP contribution in [0.2, 0.25) is 0 Å². The predicted octanol–water partition coefficient (Wildman–Crippen LogP) is 3.96. The molecule has 2 amide bonds. The normalized spacial score (nSPS) is 11.7. The minimum absolute atomic E-state index is 0.130. The number of rotatable bonds is 11. The number of carbonyl (C=O) groups is 2. The molecule has 1 atom stereocenters. The van der Waals surface area contributed by atoms with E-state index in [4.69, 9.17) is 9.47 Å². The van der Waals surface area contributed by atoms with Crippen LogP contribution in [0.3, 0.4) is 0 Å². The van der Waals surface area contributed by atoms with Gasteiger partial charge in [0, 0.05) is 13.1 Å². The largest absolute Gasteiger partial charge is 0.497 e. The Hall–Kier alpha value is -3.02. The number of carbonyl (C=O) groups excluding carboxylic acids is 2. The topological polar surface area (TPSA) is 67.9 Å². The van der Waals surface area contributed by atoms with Crippen molar-refractivity contribution in [3.8, 4) is 11.5 Å². The third kappa shape index (κ3) is 7.31. The molecule has 0 fully saturated rings. The molecule has 0 bridgehead atoms. The van der Waals surface area contributed by atoms with Crippen LogP contribution in [0.5, 0.6) is 11.5 Å². The molecule has 31 heavy (non-hydrogen) atoms. The Bertz CT molecular complexity index is 849. The van der Waals surface area contributed by atoms with Gasteiger partial charge in [-0.05, 0) is 48.6 Å². The summed E-state index contributed by atoms with van der Waals surface area (Å²) in [5.74, 6) is 1.36. The number of aryl methyl sites for hydroxylation is 1. The van der Waals surface area contributed by atoms with Gasteiger partial charge < -0.3 is 19.7 Å². The van der Waals surface area contributed by atoms with Crippen LogP contribution in [0.25, 0.3) is 0 Å². The van der Waals surface area contributed by atoms with Crippen LogP contribution < -0.4 is 14.8 Å². The Morgan fingerprint density at radius 1 is 1.06 bits per heavy atom. The quantitative estimate of drug-likeness (QED) is 0.591. The van der Waals surface area contributed by atoms with Crippen LogP contribution in [0.1, 0.15) is 38.3 Å². The highest BCUT2D eigenvalue weighted by Crippen LogP contribution is 2.19. The zero-order valence-corrected chi connectivity index (χ0v) is 19.2. The van der Waals surface area contributed by atoms with Crippen LogP contribution >= 0.6 is 0 Å². The van der Waals surface area contributed by atoms with Gasteiger partial charge in [0.15, 0.2) is 6.61 Å². The molecule has 0 aliphatic carbocycles. The number of methoxy groups -OCH3 is 1. The fourth-order valence-corrected chi connectivity index (χ4v) is 3.21. The summed E-state index contributed by atoms with van der Waals surface area (Å²) in [6.45, 7) is 8.68. The summed E-state index contributed by atoms with van der Waals surface area (Å²) in [6, 6.07) is 14.5. The molecule has 0 radical (unpaired) electrons. The molecule has 0 aliphatic heterocycles. The van der Waals surface area contributed by atoms with E-state index >= 15 is 0 Å². The van der Waals surface area contributed by atoms with Crippen molar-refractivity contribution in [1.29, 1.82) is 0 Å².